The van der Waals surface area contributed by atoms with Crippen LogP contribution in [0.2, 0.25) is 0 Å². The fourth-order valence-corrected chi connectivity index (χ4v) is 5.45. The zero-order valence-electron chi connectivity index (χ0n) is 22.6. The summed E-state index contributed by atoms with van der Waals surface area (Å²) in [6.45, 7) is 4.91. The van der Waals surface area contributed by atoms with Crippen LogP contribution in [0.25, 0.3) is 27.7 Å². The average molecular weight is 526 g/mol. The normalized spacial score (nSPS) is 13.8. The van der Waals surface area contributed by atoms with Crippen LogP contribution >= 0.6 is 0 Å². The predicted molar refractivity (Wildman–Crippen MR) is 150 cm³/mol. The molecule has 1 aliphatic rings. The number of morpholine rings is 1. The van der Waals surface area contributed by atoms with Crippen molar-refractivity contribution in [2.45, 2.75) is 13.3 Å². The Morgan fingerprint density at radius 2 is 1.85 bits per heavy atom. The molecule has 0 atom stereocenters. The van der Waals surface area contributed by atoms with E-state index in [-0.39, 0.29) is 12.2 Å². The first-order valence-electron chi connectivity index (χ1n) is 13.0. The number of hydrogen-bond donors (Lipinski definition) is 0. The number of methoxy groups -OCH3 is 2. The molecule has 6 rings (SSSR count). The summed E-state index contributed by atoms with van der Waals surface area (Å²) in [5.41, 5.74) is 5.97. The number of rotatable bonds is 7. The highest BCUT2D eigenvalue weighted by atomic mass is 16.5. The van der Waals surface area contributed by atoms with Crippen molar-refractivity contribution >= 4 is 28.2 Å². The summed E-state index contributed by atoms with van der Waals surface area (Å²) in [6, 6.07) is 13.6. The number of carbonyl (C=O) groups excluding carboxylic acids is 1. The van der Waals surface area contributed by atoms with Gasteiger partial charge in [0, 0.05) is 55.5 Å². The van der Waals surface area contributed by atoms with Crippen LogP contribution in [0.5, 0.6) is 11.5 Å². The summed E-state index contributed by atoms with van der Waals surface area (Å²) >= 11 is 0. The van der Waals surface area contributed by atoms with Crippen molar-refractivity contribution in [2.24, 2.45) is 7.05 Å². The van der Waals surface area contributed by atoms with Crippen molar-refractivity contribution in [1.82, 2.24) is 18.9 Å². The lowest BCUT2D eigenvalue weighted by atomic mass is 10.0. The molecule has 0 aliphatic carbocycles. The zero-order chi connectivity index (χ0) is 27.1. The molecule has 3 aromatic heterocycles. The average Bonchev–Trinajstić information content (AvgIpc) is 3.53. The number of aryl methyl sites for hydroxylation is 2. The van der Waals surface area contributed by atoms with Crippen LogP contribution in [0.15, 0.2) is 54.9 Å². The molecule has 1 saturated heterocycles. The third-order valence-electron chi connectivity index (χ3n) is 7.48. The summed E-state index contributed by atoms with van der Waals surface area (Å²) in [4.78, 5) is 25.3. The van der Waals surface area contributed by atoms with Crippen LogP contribution in [0.3, 0.4) is 0 Å². The third kappa shape index (κ3) is 4.28. The van der Waals surface area contributed by atoms with Gasteiger partial charge in [-0.2, -0.15) is 0 Å². The van der Waals surface area contributed by atoms with E-state index in [0.29, 0.717) is 24.7 Å². The summed E-state index contributed by atoms with van der Waals surface area (Å²) in [6.07, 6.45) is 3.96. The fraction of sp³-hybridized carbons (Fsp3) is 0.300. The van der Waals surface area contributed by atoms with E-state index >= 15 is 0 Å². The molecule has 9 nitrogen and oxygen atoms in total. The van der Waals surface area contributed by atoms with Crippen molar-refractivity contribution in [1.29, 1.82) is 0 Å². The van der Waals surface area contributed by atoms with Crippen LogP contribution in [0, 0.1) is 6.92 Å². The van der Waals surface area contributed by atoms with Gasteiger partial charge in [-0.15, -0.1) is 0 Å². The number of Topliss-reactive ketones (excluding diaryl/α,β-unsaturated/α-hetero) is 1. The Balaban J connectivity index is 1.36. The maximum absolute atomic E-state index is 13.5. The van der Waals surface area contributed by atoms with E-state index in [2.05, 4.69) is 14.3 Å². The number of aromatic nitrogens is 4. The number of ether oxygens (including phenoxy) is 3. The number of nitrogens with zero attached hydrogens (tertiary/aromatic N) is 5. The quantitative estimate of drug-likeness (QED) is 0.290. The minimum absolute atomic E-state index is 0.00360. The molecule has 1 fully saturated rings. The predicted octanol–water partition coefficient (Wildman–Crippen LogP) is 4.48. The lowest BCUT2D eigenvalue weighted by molar-refractivity contribution is 0.0984. The number of anilines is 1. The second-order valence-electron chi connectivity index (χ2n) is 9.70. The van der Waals surface area contributed by atoms with Gasteiger partial charge in [0.05, 0.1) is 49.9 Å². The molecule has 0 radical (unpaired) electrons. The van der Waals surface area contributed by atoms with E-state index in [9.17, 15) is 4.79 Å². The topological polar surface area (TPSA) is 83.1 Å². The van der Waals surface area contributed by atoms with Crippen molar-refractivity contribution in [3.63, 3.8) is 0 Å². The number of ketones is 1. The van der Waals surface area contributed by atoms with Gasteiger partial charge in [0.1, 0.15) is 17.2 Å². The van der Waals surface area contributed by atoms with Gasteiger partial charge >= 0.3 is 0 Å². The van der Waals surface area contributed by atoms with E-state index in [1.165, 1.54) is 0 Å². The Kier molecular flexibility index (Phi) is 6.44. The summed E-state index contributed by atoms with van der Waals surface area (Å²) in [7, 11) is 5.17. The molecule has 0 spiro atoms. The maximum atomic E-state index is 13.5. The Bertz CT molecular complexity index is 1700. The van der Waals surface area contributed by atoms with Crippen molar-refractivity contribution < 1.29 is 19.0 Å². The largest absolute Gasteiger partial charge is 0.496 e. The van der Waals surface area contributed by atoms with Crippen molar-refractivity contribution in [2.75, 3.05) is 45.4 Å². The zero-order valence-corrected chi connectivity index (χ0v) is 22.6. The van der Waals surface area contributed by atoms with E-state index in [4.69, 9.17) is 19.2 Å². The molecule has 0 N–H and O–H groups in total. The minimum Gasteiger partial charge on any atom is -0.496 e. The molecular formula is C30H31N5O4. The molecule has 0 saturated carbocycles. The molecule has 4 heterocycles. The standard InChI is InChI=1S/C30H31N5O4/c1-19-29-28(32-30(35(29)11-10-31-19)34-12-14-39-15-13-34)21-9-8-20(27(17-21)38-4)16-25(36)24-18-22-23(33(24)2)6-5-7-26(22)37-3/h5-11,17-18H,12-16H2,1-4H3. The van der Waals surface area contributed by atoms with Gasteiger partial charge < -0.3 is 23.7 Å². The number of imidazole rings is 1. The summed E-state index contributed by atoms with van der Waals surface area (Å²) in [5.74, 6) is 2.27. The summed E-state index contributed by atoms with van der Waals surface area (Å²) < 4.78 is 20.8. The number of benzene rings is 2. The SMILES string of the molecule is COc1cc(-c2nc(N3CCOCC3)n3ccnc(C)c23)ccc1CC(=O)c1cc2c(OC)cccc2n1C. The number of fused-ring (bicyclic) bond motifs is 2. The molecular weight excluding hydrogens is 494 g/mol. The monoisotopic (exact) mass is 525 g/mol. The van der Waals surface area contributed by atoms with Crippen LogP contribution in [0.1, 0.15) is 21.7 Å². The highest BCUT2D eigenvalue weighted by molar-refractivity contribution is 6.02. The minimum atomic E-state index is 0.00360. The van der Waals surface area contributed by atoms with E-state index in [0.717, 1.165) is 63.7 Å². The fourth-order valence-electron chi connectivity index (χ4n) is 5.45. The van der Waals surface area contributed by atoms with Gasteiger partial charge in [0.2, 0.25) is 5.95 Å². The van der Waals surface area contributed by atoms with Gasteiger partial charge in [0.15, 0.2) is 5.78 Å². The van der Waals surface area contributed by atoms with Crippen LogP contribution < -0.4 is 14.4 Å². The number of hydrogen-bond acceptors (Lipinski definition) is 7. The highest BCUT2D eigenvalue weighted by Crippen LogP contribution is 2.34. The lowest BCUT2D eigenvalue weighted by Gasteiger charge is -2.27. The van der Waals surface area contributed by atoms with Crippen molar-refractivity contribution in [3.05, 3.63) is 71.8 Å². The first-order chi connectivity index (χ1) is 19.0. The van der Waals surface area contributed by atoms with Crippen molar-refractivity contribution in [3.8, 4) is 22.8 Å². The Morgan fingerprint density at radius 3 is 2.62 bits per heavy atom. The Hall–Kier alpha value is -4.37. The second kappa shape index (κ2) is 10.1. The van der Waals surface area contributed by atoms with E-state index in [1.807, 2.05) is 67.2 Å². The first kappa shape index (κ1) is 24.9. The second-order valence-corrected chi connectivity index (χ2v) is 9.70. The molecule has 39 heavy (non-hydrogen) atoms. The summed E-state index contributed by atoms with van der Waals surface area (Å²) in [5, 5.41) is 0.917. The molecule has 5 aromatic rings. The molecule has 0 bridgehead atoms. The van der Waals surface area contributed by atoms with Gasteiger partial charge in [-0.3, -0.25) is 14.2 Å². The van der Waals surface area contributed by atoms with Gasteiger partial charge in [-0.05, 0) is 31.2 Å². The molecule has 9 heteroatoms. The highest BCUT2D eigenvalue weighted by Gasteiger charge is 2.23. The molecule has 1 aliphatic heterocycles. The first-order valence-corrected chi connectivity index (χ1v) is 13.0. The smallest absolute Gasteiger partial charge is 0.211 e. The number of carbonyl (C=O) groups is 1. The molecule has 200 valence electrons. The third-order valence-corrected chi connectivity index (χ3v) is 7.48. The van der Waals surface area contributed by atoms with Gasteiger partial charge in [0.25, 0.3) is 0 Å². The van der Waals surface area contributed by atoms with E-state index in [1.54, 1.807) is 20.4 Å². The van der Waals surface area contributed by atoms with Gasteiger partial charge in [-0.1, -0.05) is 18.2 Å². The Morgan fingerprint density at radius 1 is 1.05 bits per heavy atom. The molecule has 0 amide bonds. The Labute approximate surface area is 226 Å². The van der Waals surface area contributed by atoms with Crippen LogP contribution in [-0.4, -0.2) is 65.2 Å². The molecule has 2 aromatic carbocycles. The van der Waals surface area contributed by atoms with Crippen LogP contribution in [-0.2, 0) is 18.2 Å². The van der Waals surface area contributed by atoms with E-state index < -0.39 is 0 Å². The maximum Gasteiger partial charge on any atom is 0.211 e. The van der Waals surface area contributed by atoms with Crippen LogP contribution in [0.4, 0.5) is 5.95 Å². The lowest BCUT2D eigenvalue weighted by Crippen LogP contribution is -2.37. The molecule has 0 unspecified atom stereocenters. The van der Waals surface area contributed by atoms with Gasteiger partial charge in [-0.25, -0.2) is 4.98 Å².